The van der Waals surface area contributed by atoms with Gasteiger partial charge in [-0.25, -0.2) is 0 Å². The second-order valence-corrected chi connectivity index (χ2v) is 9.00. The van der Waals surface area contributed by atoms with Crippen LogP contribution in [0.1, 0.15) is 58.8 Å². The fraction of sp³-hybridized carbons (Fsp3) is 0.310. The van der Waals surface area contributed by atoms with E-state index >= 15 is 0 Å². The summed E-state index contributed by atoms with van der Waals surface area (Å²) in [6, 6.07) is 23.0. The third-order valence-electron chi connectivity index (χ3n) is 6.71. The summed E-state index contributed by atoms with van der Waals surface area (Å²) in [5, 5.41) is 3.16. The van der Waals surface area contributed by atoms with Gasteiger partial charge in [0.15, 0.2) is 11.5 Å². The van der Waals surface area contributed by atoms with Crippen LogP contribution in [0.3, 0.4) is 0 Å². The van der Waals surface area contributed by atoms with E-state index in [1.807, 2.05) is 72.5 Å². The molecule has 3 aromatic rings. The molecule has 0 unspecified atom stereocenters. The van der Waals surface area contributed by atoms with Gasteiger partial charge < -0.3 is 19.7 Å². The monoisotopic (exact) mass is 470 g/mol. The quantitative estimate of drug-likeness (QED) is 0.478. The average Bonchev–Trinajstić information content (AvgIpc) is 3.36. The number of amides is 2. The number of carbonyl (C=O) groups is 2. The Balaban J connectivity index is 1.45. The molecule has 1 N–H and O–H groups in total. The number of rotatable bonds is 8. The largest absolute Gasteiger partial charge is 0.454 e. The van der Waals surface area contributed by atoms with Crippen LogP contribution in [0.15, 0.2) is 72.8 Å². The lowest BCUT2D eigenvalue weighted by atomic mass is 9.79. The third kappa shape index (κ3) is 4.61. The highest BCUT2D eigenvalue weighted by molar-refractivity contribution is 6.01. The van der Waals surface area contributed by atoms with Crippen LogP contribution in [0.5, 0.6) is 11.5 Å². The van der Waals surface area contributed by atoms with Crippen molar-refractivity contribution < 1.29 is 19.1 Å². The van der Waals surface area contributed by atoms with Crippen molar-refractivity contribution in [1.29, 1.82) is 0 Å². The van der Waals surface area contributed by atoms with Gasteiger partial charge in [-0.2, -0.15) is 0 Å². The maximum atomic E-state index is 13.7. The molecule has 0 aromatic heterocycles. The number of ether oxygens (including phenoxy) is 2. The van der Waals surface area contributed by atoms with Gasteiger partial charge in [-0.3, -0.25) is 9.59 Å². The molecule has 180 valence electrons. The van der Waals surface area contributed by atoms with Crippen LogP contribution in [0.4, 0.5) is 0 Å². The summed E-state index contributed by atoms with van der Waals surface area (Å²) in [5.41, 5.74) is 3.49. The number of aryl methyl sites for hydroxylation is 1. The first kappa shape index (κ1) is 23.0. The molecule has 2 aliphatic rings. The molecule has 0 fully saturated rings. The van der Waals surface area contributed by atoms with E-state index in [-0.39, 0.29) is 18.6 Å². The van der Waals surface area contributed by atoms with E-state index in [1.54, 1.807) is 0 Å². The van der Waals surface area contributed by atoms with Crippen LogP contribution in [0.25, 0.3) is 0 Å². The molecular formula is C29H30N2O4. The van der Waals surface area contributed by atoms with Crippen LogP contribution >= 0.6 is 0 Å². The molecule has 0 bridgehead atoms. The first-order valence-electron chi connectivity index (χ1n) is 12.3. The number of benzene rings is 3. The molecule has 2 amide bonds. The highest BCUT2D eigenvalue weighted by Gasteiger charge is 2.44. The number of hydrogen-bond donors (Lipinski definition) is 1. The lowest BCUT2D eigenvalue weighted by molar-refractivity contribution is -0.124. The smallest absolute Gasteiger partial charge is 0.254 e. The summed E-state index contributed by atoms with van der Waals surface area (Å²) in [7, 11) is 0. The second-order valence-electron chi connectivity index (χ2n) is 9.00. The molecular weight excluding hydrogens is 440 g/mol. The van der Waals surface area contributed by atoms with E-state index in [9.17, 15) is 9.59 Å². The average molecular weight is 471 g/mol. The molecule has 35 heavy (non-hydrogen) atoms. The van der Waals surface area contributed by atoms with Gasteiger partial charge in [0.1, 0.15) is 0 Å². The normalized spacial score (nSPS) is 18.3. The zero-order valence-corrected chi connectivity index (χ0v) is 19.9. The van der Waals surface area contributed by atoms with Crippen molar-refractivity contribution in [2.75, 3.05) is 19.9 Å². The number of fused-ring (bicyclic) bond motifs is 2. The van der Waals surface area contributed by atoms with Crippen molar-refractivity contribution in [3.63, 3.8) is 0 Å². The molecule has 3 aromatic carbocycles. The summed E-state index contributed by atoms with van der Waals surface area (Å²) in [6.07, 6.45) is 2.53. The van der Waals surface area contributed by atoms with Crippen LogP contribution < -0.4 is 14.8 Å². The zero-order chi connectivity index (χ0) is 24.2. The minimum Gasteiger partial charge on any atom is -0.454 e. The maximum Gasteiger partial charge on any atom is 0.254 e. The van der Waals surface area contributed by atoms with E-state index in [0.717, 1.165) is 30.4 Å². The first-order chi connectivity index (χ1) is 17.2. The molecule has 0 aliphatic carbocycles. The van der Waals surface area contributed by atoms with E-state index in [4.69, 9.17) is 9.47 Å². The van der Waals surface area contributed by atoms with Gasteiger partial charge in [0.05, 0.1) is 12.0 Å². The predicted molar refractivity (Wildman–Crippen MR) is 134 cm³/mol. The van der Waals surface area contributed by atoms with Crippen molar-refractivity contribution in [1.82, 2.24) is 10.2 Å². The summed E-state index contributed by atoms with van der Waals surface area (Å²) in [6.45, 7) is 3.35. The molecule has 2 heterocycles. The van der Waals surface area contributed by atoms with E-state index in [1.165, 1.54) is 5.56 Å². The van der Waals surface area contributed by atoms with Crippen molar-refractivity contribution in [2.24, 2.45) is 0 Å². The van der Waals surface area contributed by atoms with Gasteiger partial charge in [0, 0.05) is 18.7 Å². The molecule has 0 radical (unpaired) electrons. The fourth-order valence-electron chi connectivity index (χ4n) is 5.09. The van der Waals surface area contributed by atoms with Gasteiger partial charge in [-0.15, -0.1) is 0 Å². The van der Waals surface area contributed by atoms with E-state index < -0.39 is 12.0 Å². The summed E-state index contributed by atoms with van der Waals surface area (Å²) < 4.78 is 11.1. The standard InChI is InChI=1S/C29H30N2O4/c1-2-17-31-27(21-14-15-24-25(18-21)35-19-34-24)26(22-12-6-7-13-23(22)29(31)33)28(32)30-16-8-11-20-9-4-3-5-10-20/h3-7,9-10,12-15,18,26-27H,2,8,11,16-17,19H2,1H3,(H,30,32)/t26-,27+/m1/s1. The van der Waals surface area contributed by atoms with Gasteiger partial charge in [0.25, 0.3) is 5.91 Å². The number of hydrogen-bond acceptors (Lipinski definition) is 4. The SMILES string of the molecule is CCCN1C(=O)c2ccccc2[C@@H](C(=O)NCCCc2ccccc2)[C@@H]1c1ccc2c(c1)OCO2. The van der Waals surface area contributed by atoms with Crippen molar-refractivity contribution in [3.05, 3.63) is 95.1 Å². The van der Waals surface area contributed by atoms with Crippen molar-refractivity contribution >= 4 is 11.8 Å². The van der Waals surface area contributed by atoms with Crippen LogP contribution in [0, 0.1) is 0 Å². The lowest BCUT2D eigenvalue weighted by Crippen LogP contribution is -2.47. The van der Waals surface area contributed by atoms with E-state index in [0.29, 0.717) is 30.2 Å². The summed E-state index contributed by atoms with van der Waals surface area (Å²) >= 11 is 0. The van der Waals surface area contributed by atoms with Gasteiger partial charge in [-0.1, -0.05) is 61.5 Å². The summed E-state index contributed by atoms with van der Waals surface area (Å²) in [4.78, 5) is 29.1. The Bertz CT molecular complexity index is 1210. The van der Waals surface area contributed by atoms with Crippen LogP contribution in [-0.4, -0.2) is 36.6 Å². The van der Waals surface area contributed by atoms with Gasteiger partial charge >= 0.3 is 0 Å². The molecule has 6 nitrogen and oxygen atoms in total. The third-order valence-corrected chi connectivity index (χ3v) is 6.71. The highest BCUT2D eigenvalue weighted by Crippen LogP contribution is 2.45. The Labute approximate surface area is 205 Å². The number of nitrogens with one attached hydrogen (secondary N) is 1. The number of nitrogens with zero attached hydrogens (tertiary/aromatic N) is 1. The van der Waals surface area contributed by atoms with Crippen LogP contribution in [0.2, 0.25) is 0 Å². The Morgan fingerprint density at radius 2 is 1.77 bits per heavy atom. The minimum absolute atomic E-state index is 0.0433. The molecule has 0 spiro atoms. The summed E-state index contributed by atoms with van der Waals surface area (Å²) in [5.74, 6) is 0.695. The molecule has 2 aliphatic heterocycles. The molecule has 0 saturated heterocycles. The fourth-order valence-corrected chi connectivity index (χ4v) is 5.09. The van der Waals surface area contributed by atoms with E-state index in [2.05, 4.69) is 17.4 Å². The lowest BCUT2D eigenvalue weighted by Gasteiger charge is -2.42. The second kappa shape index (κ2) is 10.2. The number of carbonyl (C=O) groups excluding carboxylic acids is 2. The maximum absolute atomic E-state index is 13.7. The molecule has 5 rings (SSSR count). The van der Waals surface area contributed by atoms with Gasteiger partial charge in [-0.05, 0) is 54.2 Å². The van der Waals surface area contributed by atoms with Crippen molar-refractivity contribution in [3.8, 4) is 11.5 Å². The van der Waals surface area contributed by atoms with Gasteiger partial charge in [0.2, 0.25) is 12.7 Å². The Morgan fingerprint density at radius 3 is 2.60 bits per heavy atom. The Hall–Kier alpha value is -3.80. The Morgan fingerprint density at radius 1 is 1.00 bits per heavy atom. The zero-order valence-electron chi connectivity index (χ0n) is 19.9. The predicted octanol–water partition coefficient (Wildman–Crippen LogP) is 4.86. The molecule has 6 heteroatoms. The van der Waals surface area contributed by atoms with Crippen LogP contribution in [-0.2, 0) is 11.2 Å². The Kier molecular flexibility index (Phi) is 6.70. The first-order valence-corrected chi connectivity index (χ1v) is 12.3. The molecule has 0 saturated carbocycles. The molecule has 2 atom stereocenters. The highest BCUT2D eigenvalue weighted by atomic mass is 16.7. The topological polar surface area (TPSA) is 67.9 Å². The van der Waals surface area contributed by atoms with Crippen molar-refractivity contribution in [2.45, 2.75) is 38.1 Å². The minimum atomic E-state index is -0.521.